The zero-order valence-electron chi connectivity index (χ0n) is 15.4. The van der Waals surface area contributed by atoms with Gasteiger partial charge in [-0.05, 0) is 53.9 Å². The van der Waals surface area contributed by atoms with Crippen LogP contribution >= 0.6 is 11.6 Å². The summed E-state index contributed by atoms with van der Waals surface area (Å²) in [5.41, 5.74) is 5.36. The first kappa shape index (κ1) is 17.5. The van der Waals surface area contributed by atoms with Crippen LogP contribution < -0.4 is 5.32 Å². The average molecular weight is 401 g/mol. The monoisotopic (exact) mass is 400 g/mol. The maximum Gasteiger partial charge on any atom is 0.291 e. The van der Waals surface area contributed by atoms with Gasteiger partial charge in [0.05, 0.1) is 11.0 Å². The molecule has 0 saturated heterocycles. The first-order valence-corrected chi connectivity index (χ1v) is 9.64. The van der Waals surface area contributed by atoms with Crippen molar-refractivity contribution < 1.29 is 4.79 Å². The number of carbonyl (C=O) groups excluding carboxylic acids is 1. The van der Waals surface area contributed by atoms with Crippen LogP contribution in [0.5, 0.6) is 0 Å². The summed E-state index contributed by atoms with van der Waals surface area (Å²) in [6, 6.07) is 21.5. The molecule has 0 saturated carbocycles. The summed E-state index contributed by atoms with van der Waals surface area (Å²) in [5.74, 6) is -0.0383. The van der Waals surface area contributed by atoms with Gasteiger partial charge < -0.3 is 15.3 Å². The van der Waals surface area contributed by atoms with Crippen LogP contribution in [0.2, 0.25) is 5.02 Å². The number of aromatic nitrogens is 3. The highest BCUT2D eigenvalue weighted by molar-refractivity contribution is 6.31. The fraction of sp³-hybridized carbons (Fsp3) is 0.0435. The van der Waals surface area contributed by atoms with E-state index in [1.807, 2.05) is 54.7 Å². The summed E-state index contributed by atoms with van der Waals surface area (Å²) in [6.45, 7) is 0. The molecule has 5 nitrogen and oxygen atoms in total. The molecule has 142 valence electrons. The van der Waals surface area contributed by atoms with Crippen LogP contribution in [0.1, 0.15) is 21.7 Å². The molecule has 2 heterocycles. The van der Waals surface area contributed by atoms with Gasteiger partial charge in [-0.15, -0.1) is 0 Å². The first-order chi connectivity index (χ1) is 14.2. The number of hydrogen-bond acceptors (Lipinski definition) is 2. The number of rotatable bonds is 4. The van der Waals surface area contributed by atoms with Gasteiger partial charge in [-0.25, -0.2) is 4.98 Å². The number of aromatic amines is 2. The predicted molar refractivity (Wildman–Crippen MR) is 117 cm³/mol. The molecule has 0 bridgehead atoms. The van der Waals surface area contributed by atoms with E-state index in [2.05, 4.69) is 32.4 Å². The number of amides is 1. The summed E-state index contributed by atoms with van der Waals surface area (Å²) in [6.07, 6.45) is 2.56. The lowest BCUT2D eigenvalue weighted by Gasteiger charge is -2.04. The van der Waals surface area contributed by atoms with Gasteiger partial charge in [0.1, 0.15) is 0 Å². The van der Waals surface area contributed by atoms with Crippen LogP contribution in [-0.4, -0.2) is 20.9 Å². The number of carbonyl (C=O) groups is 1. The highest BCUT2D eigenvalue weighted by atomic mass is 35.5. The first-order valence-electron chi connectivity index (χ1n) is 9.26. The Bertz CT molecular complexity index is 1340. The van der Waals surface area contributed by atoms with Crippen molar-refractivity contribution in [1.82, 2.24) is 15.0 Å². The minimum atomic E-state index is -0.294. The highest BCUT2D eigenvalue weighted by Gasteiger charge is 2.15. The third-order valence-corrected chi connectivity index (χ3v) is 5.11. The van der Waals surface area contributed by atoms with E-state index in [4.69, 9.17) is 11.6 Å². The van der Waals surface area contributed by atoms with E-state index >= 15 is 0 Å². The normalized spacial score (nSPS) is 11.2. The van der Waals surface area contributed by atoms with Gasteiger partial charge in [0, 0.05) is 27.8 Å². The maximum absolute atomic E-state index is 12.8. The molecule has 0 aliphatic carbocycles. The smallest absolute Gasteiger partial charge is 0.291 e. The molecule has 29 heavy (non-hydrogen) atoms. The maximum atomic E-state index is 12.8. The van der Waals surface area contributed by atoms with Gasteiger partial charge in [-0.1, -0.05) is 41.9 Å². The number of halogens is 1. The molecule has 0 aliphatic rings. The molecule has 5 aromatic rings. The molecule has 3 N–H and O–H groups in total. The van der Waals surface area contributed by atoms with Crippen molar-refractivity contribution in [2.75, 3.05) is 5.32 Å². The standard InChI is InChI=1S/C23H17ClN4O/c24-17-11-16(10-14-4-2-1-3-5-14)21-20(13-17)27-22(28-21)23(29)26-18-6-7-19-15(12-18)8-9-25-19/h1-9,11-13,25H,10H2,(H,26,29)(H,27,28). The molecule has 6 heteroatoms. The van der Waals surface area contributed by atoms with Crippen LogP contribution in [0.15, 0.2) is 72.9 Å². The zero-order chi connectivity index (χ0) is 19.8. The number of nitrogens with one attached hydrogen (secondary N) is 3. The molecule has 0 spiro atoms. The molecular formula is C23H17ClN4O. The molecule has 5 rings (SSSR count). The van der Waals surface area contributed by atoms with E-state index in [1.54, 1.807) is 6.07 Å². The number of imidazole rings is 1. The second kappa shape index (κ2) is 7.11. The average Bonchev–Trinajstić information content (AvgIpc) is 3.35. The molecule has 2 aromatic heterocycles. The van der Waals surface area contributed by atoms with Crippen LogP contribution in [0, 0.1) is 0 Å². The van der Waals surface area contributed by atoms with Crippen molar-refractivity contribution in [2.24, 2.45) is 0 Å². The number of benzene rings is 3. The third-order valence-electron chi connectivity index (χ3n) is 4.89. The summed E-state index contributed by atoms with van der Waals surface area (Å²) >= 11 is 6.30. The lowest BCUT2D eigenvalue weighted by Crippen LogP contribution is -2.13. The quantitative estimate of drug-likeness (QED) is 0.370. The molecule has 0 atom stereocenters. The SMILES string of the molecule is O=C(Nc1ccc2[nH]ccc2c1)c1nc2c(Cc3ccccc3)cc(Cl)cc2[nH]1. The zero-order valence-corrected chi connectivity index (χ0v) is 16.1. The van der Waals surface area contributed by atoms with Crippen molar-refractivity contribution in [1.29, 1.82) is 0 Å². The largest absolute Gasteiger partial charge is 0.361 e. The Morgan fingerprint density at radius 1 is 1.00 bits per heavy atom. The molecule has 0 unspecified atom stereocenters. The minimum Gasteiger partial charge on any atom is -0.361 e. The van der Waals surface area contributed by atoms with E-state index in [9.17, 15) is 4.79 Å². The summed E-state index contributed by atoms with van der Waals surface area (Å²) in [5, 5.41) is 4.55. The molecule has 1 amide bonds. The van der Waals surface area contributed by atoms with E-state index in [0.717, 1.165) is 33.1 Å². The number of H-pyrrole nitrogens is 2. The Balaban J connectivity index is 1.47. The van der Waals surface area contributed by atoms with Crippen LogP contribution in [0.4, 0.5) is 5.69 Å². The molecule has 0 aliphatic heterocycles. The van der Waals surface area contributed by atoms with Crippen LogP contribution in [0.3, 0.4) is 0 Å². The van der Waals surface area contributed by atoms with Gasteiger partial charge in [-0.3, -0.25) is 4.79 Å². The lowest BCUT2D eigenvalue weighted by molar-refractivity contribution is 0.101. The van der Waals surface area contributed by atoms with Gasteiger partial charge in [0.25, 0.3) is 5.91 Å². The second-order valence-electron chi connectivity index (χ2n) is 6.94. The van der Waals surface area contributed by atoms with E-state index in [0.29, 0.717) is 17.1 Å². The molecule has 0 radical (unpaired) electrons. The lowest BCUT2D eigenvalue weighted by atomic mass is 10.0. The van der Waals surface area contributed by atoms with Crippen molar-refractivity contribution in [3.63, 3.8) is 0 Å². The fourth-order valence-electron chi connectivity index (χ4n) is 3.53. The predicted octanol–water partition coefficient (Wildman–Crippen LogP) is 5.54. The topological polar surface area (TPSA) is 73.6 Å². The van der Waals surface area contributed by atoms with Crippen LogP contribution in [-0.2, 0) is 6.42 Å². The number of fused-ring (bicyclic) bond motifs is 2. The Labute approximate surface area is 171 Å². The van der Waals surface area contributed by atoms with E-state index in [1.165, 1.54) is 0 Å². The minimum absolute atomic E-state index is 0.255. The fourth-order valence-corrected chi connectivity index (χ4v) is 3.77. The van der Waals surface area contributed by atoms with Crippen molar-refractivity contribution >= 4 is 45.1 Å². The third kappa shape index (κ3) is 3.48. The van der Waals surface area contributed by atoms with Gasteiger partial charge in [0.2, 0.25) is 0 Å². The Morgan fingerprint density at radius 3 is 2.72 bits per heavy atom. The van der Waals surface area contributed by atoms with Gasteiger partial charge >= 0.3 is 0 Å². The Kier molecular flexibility index (Phi) is 4.30. The second-order valence-corrected chi connectivity index (χ2v) is 7.38. The molecule has 0 fully saturated rings. The number of hydrogen-bond donors (Lipinski definition) is 3. The van der Waals surface area contributed by atoms with E-state index < -0.39 is 0 Å². The number of anilines is 1. The Morgan fingerprint density at radius 2 is 1.86 bits per heavy atom. The summed E-state index contributed by atoms with van der Waals surface area (Å²) in [7, 11) is 0. The van der Waals surface area contributed by atoms with Gasteiger partial charge in [-0.2, -0.15) is 0 Å². The van der Waals surface area contributed by atoms with E-state index in [-0.39, 0.29) is 11.7 Å². The molecular weight excluding hydrogens is 384 g/mol. The summed E-state index contributed by atoms with van der Waals surface area (Å²) in [4.78, 5) is 23.6. The van der Waals surface area contributed by atoms with Gasteiger partial charge in [0.15, 0.2) is 5.82 Å². The van der Waals surface area contributed by atoms with Crippen molar-refractivity contribution in [3.8, 4) is 0 Å². The van der Waals surface area contributed by atoms with Crippen molar-refractivity contribution in [2.45, 2.75) is 6.42 Å². The summed E-state index contributed by atoms with van der Waals surface area (Å²) < 4.78 is 0. The Hall–Kier alpha value is -3.57. The number of nitrogens with zero attached hydrogens (tertiary/aromatic N) is 1. The van der Waals surface area contributed by atoms with Crippen molar-refractivity contribution in [3.05, 3.63) is 94.9 Å². The highest BCUT2D eigenvalue weighted by Crippen LogP contribution is 2.25. The van der Waals surface area contributed by atoms with Crippen LogP contribution in [0.25, 0.3) is 21.9 Å². The molecule has 3 aromatic carbocycles.